The summed E-state index contributed by atoms with van der Waals surface area (Å²) < 4.78 is 10.9. The van der Waals surface area contributed by atoms with Crippen molar-refractivity contribution in [3.8, 4) is 11.5 Å². The number of piperidine rings is 1. The van der Waals surface area contributed by atoms with Gasteiger partial charge in [-0.05, 0) is 62.2 Å². The summed E-state index contributed by atoms with van der Waals surface area (Å²) in [7, 11) is 1.63. The lowest BCUT2D eigenvalue weighted by atomic mass is 9.96. The Labute approximate surface area is 177 Å². The van der Waals surface area contributed by atoms with E-state index in [4.69, 9.17) is 21.1 Å². The standard InChI is InChI=1S/C23H29ClN2O3/c1-17(16-29-21-11-9-20(28-2)10-12-21)25-23(27)19-7-5-13-26(15-19)14-18-6-3-4-8-22(18)24/h3-4,6,8-12,17,19H,5,7,13-16H2,1-2H3,(H,25,27). The maximum atomic E-state index is 12.7. The molecule has 3 rings (SSSR count). The first-order valence-electron chi connectivity index (χ1n) is 10.1. The van der Waals surface area contributed by atoms with Gasteiger partial charge < -0.3 is 14.8 Å². The van der Waals surface area contributed by atoms with Crippen LogP contribution in [0.1, 0.15) is 25.3 Å². The summed E-state index contributed by atoms with van der Waals surface area (Å²) in [5, 5.41) is 3.88. The lowest BCUT2D eigenvalue weighted by Crippen LogP contribution is -2.46. The molecule has 0 spiro atoms. The molecule has 1 saturated heterocycles. The van der Waals surface area contributed by atoms with Gasteiger partial charge in [-0.15, -0.1) is 0 Å². The predicted octanol–water partition coefficient (Wildman–Crippen LogP) is 4.14. The Kier molecular flexibility index (Phi) is 7.78. The molecule has 1 heterocycles. The zero-order valence-corrected chi connectivity index (χ0v) is 17.8. The van der Waals surface area contributed by atoms with E-state index in [1.807, 2.05) is 55.5 Å². The van der Waals surface area contributed by atoms with Crippen LogP contribution in [-0.4, -0.2) is 43.7 Å². The molecule has 0 radical (unpaired) electrons. The van der Waals surface area contributed by atoms with E-state index >= 15 is 0 Å². The Bertz CT molecular complexity index is 797. The van der Waals surface area contributed by atoms with Gasteiger partial charge in [0.15, 0.2) is 0 Å². The van der Waals surface area contributed by atoms with Gasteiger partial charge >= 0.3 is 0 Å². The minimum absolute atomic E-state index is 0.00493. The van der Waals surface area contributed by atoms with E-state index in [-0.39, 0.29) is 17.9 Å². The second kappa shape index (κ2) is 10.5. The molecule has 29 heavy (non-hydrogen) atoms. The Balaban J connectivity index is 1.45. The summed E-state index contributed by atoms with van der Waals surface area (Å²) >= 11 is 6.29. The average Bonchev–Trinajstić information content (AvgIpc) is 2.74. The van der Waals surface area contributed by atoms with Crippen LogP contribution in [0.5, 0.6) is 11.5 Å². The number of hydrogen-bond acceptors (Lipinski definition) is 4. The molecule has 0 bridgehead atoms. The summed E-state index contributed by atoms with van der Waals surface area (Å²) in [4.78, 5) is 15.0. The molecular weight excluding hydrogens is 388 g/mol. The van der Waals surface area contributed by atoms with Gasteiger partial charge in [-0.25, -0.2) is 0 Å². The van der Waals surface area contributed by atoms with Crippen molar-refractivity contribution < 1.29 is 14.3 Å². The van der Waals surface area contributed by atoms with Gasteiger partial charge in [0.25, 0.3) is 0 Å². The molecule has 2 unspecified atom stereocenters. The zero-order valence-electron chi connectivity index (χ0n) is 17.1. The summed E-state index contributed by atoms with van der Waals surface area (Å²) in [6, 6.07) is 15.3. The van der Waals surface area contributed by atoms with Crippen molar-refractivity contribution in [3.05, 3.63) is 59.1 Å². The van der Waals surface area contributed by atoms with Crippen LogP contribution >= 0.6 is 11.6 Å². The van der Waals surface area contributed by atoms with Crippen LogP contribution in [0, 0.1) is 5.92 Å². The van der Waals surface area contributed by atoms with Gasteiger partial charge in [-0.2, -0.15) is 0 Å². The predicted molar refractivity (Wildman–Crippen MR) is 116 cm³/mol. The van der Waals surface area contributed by atoms with E-state index in [1.165, 1.54) is 0 Å². The largest absolute Gasteiger partial charge is 0.497 e. The molecule has 0 aromatic heterocycles. The Hall–Kier alpha value is -2.24. The zero-order chi connectivity index (χ0) is 20.6. The SMILES string of the molecule is COc1ccc(OCC(C)NC(=O)C2CCCN(Cc3ccccc3Cl)C2)cc1. The van der Waals surface area contributed by atoms with E-state index in [0.29, 0.717) is 6.61 Å². The molecule has 1 N–H and O–H groups in total. The van der Waals surface area contributed by atoms with E-state index in [9.17, 15) is 4.79 Å². The number of rotatable bonds is 8. The molecule has 6 heteroatoms. The van der Waals surface area contributed by atoms with Crippen LogP contribution in [0.2, 0.25) is 5.02 Å². The smallest absolute Gasteiger partial charge is 0.224 e. The fraction of sp³-hybridized carbons (Fsp3) is 0.435. The summed E-state index contributed by atoms with van der Waals surface area (Å²) in [6.45, 7) is 4.91. The van der Waals surface area contributed by atoms with Crippen molar-refractivity contribution in [2.24, 2.45) is 5.92 Å². The number of amides is 1. The molecular formula is C23H29ClN2O3. The lowest BCUT2D eigenvalue weighted by molar-refractivity contribution is -0.127. The van der Waals surface area contributed by atoms with Crippen LogP contribution in [0.15, 0.2) is 48.5 Å². The highest BCUT2D eigenvalue weighted by atomic mass is 35.5. The van der Waals surface area contributed by atoms with E-state index in [1.54, 1.807) is 7.11 Å². The van der Waals surface area contributed by atoms with Crippen LogP contribution in [0.4, 0.5) is 0 Å². The normalized spacial score (nSPS) is 18.1. The van der Waals surface area contributed by atoms with Crippen molar-refractivity contribution in [1.29, 1.82) is 0 Å². The quantitative estimate of drug-likeness (QED) is 0.702. The van der Waals surface area contributed by atoms with Crippen LogP contribution < -0.4 is 14.8 Å². The highest BCUT2D eigenvalue weighted by Gasteiger charge is 2.27. The number of methoxy groups -OCH3 is 1. The number of hydrogen-bond donors (Lipinski definition) is 1. The van der Waals surface area contributed by atoms with Gasteiger partial charge in [0.05, 0.1) is 19.1 Å². The Morgan fingerprint density at radius 2 is 1.93 bits per heavy atom. The molecule has 0 saturated carbocycles. The van der Waals surface area contributed by atoms with E-state index < -0.39 is 0 Å². The number of carbonyl (C=O) groups is 1. The lowest BCUT2D eigenvalue weighted by Gasteiger charge is -2.32. The Morgan fingerprint density at radius 3 is 2.66 bits per heavy atom. The van der Waals surface area contributed by atoms with Crippen LogP contribution in [0.3, 0.4) is 0 Å². The number of carbonyl (C=O) groups excluding carboxylic acids is 1. The second-order valence-corrected chi connectivity index (χ2v) is 7.97. The Morgan fingerprint density at radius 1 is 1.21 bits per heavy atom. The topological polar surface area (TPSA) is 50.8 Å². The molecule has 1 fully saturated rings. The van der Waals surface area contributed by atoms with Gasteiger partial charge in [-0.1, -0.05) is 29.8 Å². The third-order valence-electron chi connectivity index (χ3n) is 5.18. The molecule has 1 aliphatic heterocycles. The van der Waals surface area contributed by atoms with Crippen molar-refractivity contribution in [2.45, 2.75) is 32.4 Å². The van der Waals surface area contributed by atoms with Gasteiger partial charge in [-0.3, -0.25) is 9.69 Å². The molecule has 1 aliphatic rings. The summed E-state index contributed by atoms with van der Waals surface area (Å²) in [5.74, 6) is 1.64. The number of halogens is 1. The van der Waals surface area contributed by atoms with Crippen LogP contribution in [0.25, 0.3) is 0 Å². The fourth-order valence-corrected chi connectivity index (χ4v) is 3.77. The maximum Gasteiger partial charge on any atom is 0.224 e. The monoisotopic (exact) mass is 416 g/mol. The number of likely N-dealkylation sites (tertiary alicyclic amines) is 1. The van der Waals surface area contributed by atoms with Crippen molar-refractivity contribution in [1.82, 2.24) is 10.2 Å². The minimum Gasteiger partial charge on any atom is -0.497 e. The molecule has 2 aromatic carbocycles. The van der Waals surface area contributed by atoms with Gasteiger partial charge in [0, 0.05) is 18.1 Å². The fourth-order valence-electron chi connectivity index (χ4n) is 3.58. The van der Waals surface area contributed by atoms with Crippen molar-refractivity contribution in [2.75, 3.05) is 26.8 Å². The molecule has 5 nitrogen and oxygen atoms in total. The van der Waals surface area contributed by atoms with E-state index in [2.05, 4.69) is 10.2 Å². The first-order chi connectivity index (χ1) is 14.0. The van der Waals surface area contributed by atoms with Gasteiger partial charge in [0.1, 0.15) is 18.1 Å². The second-order valence-electron chi connectivity index (χ2n) is 7.56. The summed E-state index contributed by atoms with van der Waals surface area (Å²) in [6.07, 6.45) is 1.93. The molecule has 0 aliphatic carbocycles. The molecule has 2 atom stereocenters. The third-order valence-corrected chi connectivity index (χ3v) is 5.54. The highest BCUT2D eigenvalue weighted by molar-refractivity contribution is 6.31. The first kappa shape index (κ1) is 21.5. The van der Waals surface area contributed by atoms with E-state index in [0.717, 1.165) is 54.6 Å². The average molecular weight is 417 g/mol. The number of nitrogens with zero attached hydrogens (tertiary/aromatic N) is 1. The number of ether oxygens (including phenoxy) is 2. The molecule has 156 valence electrons. The first-order valence-corrected chi connectivity index (χ1v) is 10.5. The van der Waals surface area contributed by atoms with Gasteiger partial charge in [0.2, 0.25) is 5.91 Å². The third kappa shape index (κ3) is 6.38. The van der Waals surface area contributed by atoms with Crippen molar-refractivity contribution >= 4 is 17.5 Å². The number of benzene rings is 2. The summed E-state index contributed by atoms with van der Waals surface area (Å²) in [5.41, 5.74) is 1.11. The maximum absolute atomic E-state index is 12.7. The highest BCUT2D eigenvalue weighted by Crippen LogP contribution is 2.22. The number of nitrogens with one attached hydrogen (secondary N) is 1. The van der Waals surface area contributed by atoms with Crippen LogP contribution in [-0.2, 0) is 11.3 Å². The molecule has 2 aromatic rings. The minimum atomic E-state index is -0.0662. The van der Waals surface area contributed by atoms with Crippen molar-refractivity contribution in [3.63, 3.8) is 0 Å². The molecule has 1 amide bonds.